The van der Waals surface area contributed by atoms with Crippen molar-refractivity contribution in [1.82, 2.24) is 15.1 Å². The van der Waals surface area contributed by atoms with Gasteiger partial charge in [0, 0.05) is 38.2 Å². The number of nitrogens with zero attached hydrogens (tertiary/aromatic N) is 2. The molecule has 1 N–H and O–H groups in total. The molecule has 7 heteroatoms. The second-order valence-electron chi connectivity index (χ2n) is 6.89. The third kappa shape index (κ3) is 3.62. The number of methoxy groups -OCH3 is 2. The highest BCUT2D eigenvalue weighted by Crippen LogP contribution is 2.26. The maximum absolute atomic E-state index is 12.8. The molecule has 1 aromatic rings. The summed E-state index contributed by atoms with van der Waals surface area (Å²) < 4.78 is 10.5. The zero-order chi connectivity index (χ0) is 18.7. The SMILES string of the molecule is COc1ccc(C(=O)N2CCN(C(=O)C(C)C3CNC3)CC2)c(OC)c1. The molecule has 0 aromatic heterocycles. The number of piperazine rings is 1. The lowest BCUT2D eigenvalue weighted by molar-refractivity contribution is -0.138. The van der Waals surface area contributed by atoms with Crippen molar-refractivity contribution >= 4 is 11.8 Å². The molecule has 1 unspecified atom stereocenters. The van der Waals surface area contributed by atoms with Crippen LogP contribution in [0.1, 0.15) is 17.3 Å². The summed E-state index contributed by atoms with van der Waals surface area (Å²) in [6.07, 6.45) is 0. The van der Waals surface area contributed by atoms with E-state index in [-0.39, 0.29) is 17.7 Å². The van der Waals surface area contributed by atoms with Crippen molar-refractivity contribution in [3.8, 4) is 11.5 Å². The average molecular weight is 361 g/mol. The van der Waals surface area contributed by atoms with Crippen molar-refractivity contribution in [3.63, 3.8) is 0 Å². The standard InChI is InChI=1S/C19H27N3O4/c1-13(14-11-20-12-14)18(23)21-6-8-22(9-7-21)19(24)16-5-4-15(25-2)10-17(16)26-3/h4-5,10,13-14,20H,6-9,11-12H2,1-3H3. The van der Waals surface area contributed by atoms with E-state index in [1.165, 1.54) is 0 Å². The molecular formula is C19H27N3O4. The van der Waals surface area contributed by atoms with Crippen LogP contribution in [0.25, 0.3) is 0 Å². The molecule has 2 aliphatic rings. The predicted molar refractivity (Wildman–Crippen MR) is 97.6 cm³/mol. The Labute approximate surface area is 154 Å². The molecule has 7 nitrogen and oxygen atoms in total. The highest BCUT2D eigenvalue weighted by molar-refractivity contribution is 5.97. The van der Waals surface area contributed by atoms with Crippen LogP contribution in [0.2, 0.25) is 0 Å². The number of carbonyl (C=O) groups is 2. The first-order valence-electron chi connectivity index (χ1n) is 9.06. The van der Waals surface area contributed by atoms with E-state index < -0.39 is 0 Å². The first-order valence-corrected chi connectivity index (χ1v) is 9.06. The Morgan fingerprint density at radius 1 is 1.08 bits per heavy atom. The molecule has 0 bridgehead atoms. The van der Waals surface area contributed by atoms with Gasteiger partial charge in [-0.25, -0.2) is 0 Å². The minimum Gasteiger partial charge on any atom is -0.497 e. The third-order valence-electron chi connectivity index (χ3n) is 5.43. The lowest BCUT2D eigenvalue weighted by atomic mass is 9.88. The van der Waals surface area contributed by atoms with Crippen molar-refractivity contribution in [2.24, 2.45) is 11.8 Å². The van der Waals surface area contributed by atoms with Gasteiger partial charge < -0.3 is 24.6 Å². The highest BCUT2D eigenvalue weighted by atomic mass is 16.5. The normalized spacial score (nSPS) is 18.9. The number of amides is 2. The van der Waals surface area contributed by atoms with Gasteiger partial charge in [0.1, 0.15) is 11.5 Å². The molecule has 0 aliphatic carbocycles. The fourth-order valence-electron chi connectivity index (χ4n) is 3.43. The molecule has 2 fully saturated rings. The molecule has 26 heavy (non-hydrogen) atoms. The zero-order valence-corrected chi connectivity index (χ0v) is 15.7. The van der Waals surface area contributed by atoms with Crippen LogP contribution in [0.15, 0.2) is 18.2 Å². The number of ether oxygens (including phenoxy) is 2. The molecule has 2 saturated heterocycles. The van der Waals surface area contributed by atoms with Gasteiger partial charge in [-0.2, -0.15) is 0 Å². The second-order valence-corrected chi connectivity index (χ2v) is 6.89. The van der Waals surface area contributed by atoms with Crippen molar-refractivity contribution in [3.05, 3.63) is 23.8 Å². The first kappa shape index (κ1) is 18.5. The summed E-state index contributed by atoms with van der Waals surface area (Å²) >= 11 is 0. The molecule has 0 spiro atoms. The number of rotatable bonds is 5. The van der Waals surface area contributed by atoms with Crippen molar-refractivity contribution < 1.29 is 19.1 Å². The number of hydrogen-bond donors (Lipinski definition) is 1. The molecule has 1 atom stereocenters. The minimum atomic E-state index is -0.0761. The monoisotopic (exact) mass is 361 g/mol. The Kier molecular flexibility index (Phi) is 5.66. The topological polar surface area (TPSA) is 71.1 Å². The van der Waals surface area contributed by atoms with Crippen LogP contribution >= 0.6 is 0 Å². The average Bonchev–Trinajstić information content (AvgIpc) is 2.65. The third-order valence-corrected chi connectivity index (χ3v) is 5.43. The van der Waals surface area contributed by atoms with Gasteiger partial charge in [0.2, 0.25) is 5.91 Å². The largest absolute Gasteiger partial charge is 0.497 e. The summed E-state index contributed by atoms with van der Waals surface area (Å²) in [5, 5.41) is 3.21. The summed E-state index contributed by atoms with van der Waals surface area (Å²) in [4.78, 5) is 29.1. The van der Waals surface area contributed by atoms with E-state index in [9.17, 15) is 9.59 Å². The zero-order valence-electron chi connectivity index (χ0n) is 15.7. The predicted octanol–water partition coefficient (Wildman–Crippen LogP) is 0.844. The minimum absolute atomic E-state index is 0.0418. The molecule has 0 radical (unpaired) electrons. The molecule has 3 rings (SSSR count). The Morgan fingerprint density at radius 2 is 1.73 bits per heavy atom. The number of carbonyl (C=O) groups excluding carboxylic acids is 2. The lowest BCUT2D eigenvalue weighted by Gasteiger charge is -2.39. The van der Waals surface area contributed by atoms with Gasteiger partial charge >= 0.3 is 0 Å². The van der Waals surface area contributed by atoms with E-state index in [1.54, 1.807) is 37.3 Å². The van der Waals surface area contributed by atoms with E-state index >= 15 is 0 Å². The van der Waals surface area contributed by atoms with Crippen LogP contribution in [0.5, 0.6) is 11.5 Å². The maximum Gasteiger partial charge on any atom is 0.257 e. The van der Waals surface area contributed by atoms with Crippen LogP contribution in [-0.4, -0.2) is 75.1 Å². The van der Waals surface area contributed by atoms with E-state index in [0.717, 1.165) is 13.1 Å². The summed E-state index contributed by atoms with van der Waals surface area (Å²) in [5.41, 5.74) is 0.516. The smallest absolute Gasteiger partial charge is 0.257 e. The van der Waals surface area contributed by atoms with Gasteiger partial charge in [-0.05, 0) is 31.1 Å². The maximum atomic E-state index is 12.8. The molecule has 1 aromatic carbocycles. The van der Waals surface area contributed by atoms with Gasteiger partial charge in [-0.1, -0.05) is 6.92 Å². The Hall–Kier alpha value is -2.28. The van der Waals surface area contributed by atoms with E-state index in [1.807, 2.05) is 11.8 Å². The molecule has 0 saturated carbocycles. The number of hydrogen-bond acceptors (Lipinski definition) is 5. The first-order chi connectivity index (χ1) is 12.5. The van der Waals surface area contributed by atoms with Crippen molar-refractivity contribution in [2.45, 2.75) is 6.92 Å². The van der Waals surface area contributed by atoms with Crippen LogP contribution < -0.4 is 14.8 Å². The van der Waals surface area contributed by atoms with Gasteiger partial charge in [0.15, 0.2) is 0 Å². The fourth-order valence-corrected chi connectivity index (χ4v) is 3.43. The molecular weight excluding hydrogens is 334 g/mol. The quantitative estimate of drug-likeness (QED) is 0.842. The fraction of sp³-hybridized carbons (Fsp3) is 0.579. The summed E-state index contributed by atoms with van der Waals surface area (Å²) in [5.74, 6) is 1.75. The van der Waals surface area contributed by atoms with Crippen LogP contribution in [0.3, 0.4) is 0 Å². The Bertz CT molecular complexity index is 667. The van der Waals surface area contributed by atoms with Gasteiger partial charge in [0.05, 0.1) is 19.8 Å². The summed E-state index contributed by atoms with van der Waals surface area (Å²) in [6.45, 7) is 6.07. The van der Waals surface area contributed by atoms with E-state index in [2.05, 4.69) is 5.32 Å². The summed E-state index contributed by atoms with van der Waals surface area (Å²) in [7, 11) is 3.12. The van der Waals surface area contributed by atoms with Crippen LogP contribution in [-0.2, 0) is 4.79 Å². The molecule has 142 valence electrons. The Morgan fingerprint density at radius 3 is 2.27 bits per heavy atom. The van der Waals surface area contributed by atoms with E-state index in [0.29, 0.717) is 49.2 Å². The Balaban J connectivity index is 1.61. The lowest BCUT2D eigenvalue weighted by Crippen LogP contribution is -2.55. The van der Waals surface area contributed by atoms with Crippen LogP contribution in [0.4, 0.5) is 0 Å². The van der Waals surface area contributed by atoms with Crippen molar-refractivity contribution in [2.75, 3.05) is 53.5 Å². The van der Waals surface area contributed by atoms with Gasteiger partial charge in [-0.3, -0.25) is 9.59 Å². The number of benzene rings is 1. The second kappa shape index (κ2) is 7.95. The van der Waals surface area contributed by atoms with Gasteiger partial charge in [0.25, 0.3) is 5.91 Å². The molecule has 2 heterocycles. The van der Waals surface area contributed by atoms with Gasteiger partial charge in [-0.15, -0.1) is 0 Å². The van der Waals surface area contributed by atoms with Crippen molar-refractivity contribution in [1.29, 1.82) is 0 Å². The van der Waals surface area contributed by atoms with E-state index in [4.69, 9.17) is 9.47 Å². The number of nitrogens with one attached hydrogen (secondary N) is 1. The summed E-state index contributed by atoms with van der Waals surface area (Å²) in [6, 6.07) is 5.19. The van der Waals surface area contributed by atoms with Crippen LogP contribution in [0, 0.1) is 11.8 Å². The molecule has 2 amide bonds. The highest BCUT2D eigenvalue weighted by Gasteiger charge is 2.33. The molecule has 2 aliphatic heterocycles.